The van der Waals surface area contributed by atoms with E-state index in [4.69, 9.17) is 0 Å². The van der Waals surface area contributed by atoms with E-state index in [-0.39, 0.29) is 11.7 Å². The molecule has 0 fully saturated rings. The Bertz CT molecular complexity index is 943. The lowest BCUT2D eigenvalue weighted by atomic mass is 10.1. The second-order valence-electron chi connectivity index (χ2n) is 7.04. The number of carbonyl (C=O) groups is 1. The van der Waals surface area contributed by atoms with Crippen LogP contribution in [0.3, 0.4) is 0 Å². The van der Waals surface area contributed by atoms with Crippen LogP contribution < -0.4 is 0 Å². The van der Waals surface area contributed by atoms with E-state index < -0.39 is 0 Å². The molecule has 0 saturated heterocycles. The molecule has 3 rings (SSSR count). The van der Waals surface area contributed by atoms with Gasteiger partial charge in [-0.2, -0.15) is 0 Å². The summed E-state index contributed by atoms with van der Waals surface area (Å²) in [6.07, 6.45) is 0. The smallest absolute Gasteiger partial charge is 0.270 e. The van der Waals surface area contributed by atoms with Gasteiger partial charge in [0.05, 0.1) is 0 Å². The van der Waals surface area contributed by atoms with E-state index in [1.165, 1.54) is 12.1 Å². The summed E-state index contributed by atoms with van der Waals surface area (Å²) in [5.41, 5.74) is 5.94. The highest BCUT2D eigenvalue weighted by Gasteiger charge is 2.23. The van der Waals surface area contributed by atoms with Gasteiger partial charge in [0, 0.05) is 25.8 Å². The Balaban J connectivity index is 1.92. The van der Waals surface area contributed by atoms with Crippen LogP contribution >= 0.6 is 0 Å². The van der Waals surface area contributed by atoms with Crippen molar-refractivity contribution in [2.24, 2.45) is 0 Å². The van der Waals surface area contributed by atoms with Gasteiger partial charge in [-0.05, 0) is 55.2 Å². The van der Waals surface area contributed by atoms with E-state index in [9.17, 15) is 9.18 Å². The fourth-order valence-corrected chi connectivity index (χ4v) is 3.38. The molecule has 0 aliphatic carbocycles. The van der Waals surface area contributed by atoms with Crippen LogP contribution in [-0.2, 0) is 13.1 Å². The number of benzene rings is 2. The summed E-state index contributed by atoms with van der Waals surface area (Å²) < 4.78 is 15.3. The molecule has 140 valence electrons. The predicted octanol–water partition coefficient (Wildman–Crippen LogP) is 4.87. The molecule has 3 aromatic rings. The van der Waals surface area contributed by atoms with Crippen molar-refractivity contribution in [1.82, 2.24) is 9.47 Å². The van der Waals surface area contributed by atoms with Crippen molar-refractivity contribution in [2.45, 2.75) is 33.9 Å². The third kappa shape index (κ3) is 3.95. The summed E-state index contributed by atoms with van der Waals surface area (Å²) in [5, 5.41) is 0. The van der Waals surface area contributed by atoms with Crippen molar-refractivity contribution in [3.05, 3.63) is 94.1 Å². The molecule has 3 nitrogen and oxygen atoms in total. The third-order valence-corrected chi connectivity index (χ3v) is 5.20. The van der Waals surface area contributed by atoms with Crippen LogP contribution in [0, 0.1) is 26.6 Å². The Labute approximate surface area is 160 Å². The minimum absolute atomic E-state index is 0.00494. The lowest BCUT2D eigenvalue weighted by Crippen LogP contribution is -2.29. The second-order valence-corrected chi connectivity index (χ2v) is 7.04. The molecule has 4 heteroatoms. The Kier molecular flexibility index (Phi) is 5.45. The molecule has 0 bridgehead atoms. The van der Waals surface area contributed by atoms with Crippen LogP contribution in [-0.4, -0.2) is 22.4 Å². The molecule has 1 heterocycles. The van der Waals surface area contributed by atoms with Gasteiger partial charge in [-0.3, -0.25) is 4.79 Å². The van der Waals surface area contributed by atoms with Crippen LogP contribution in [0.4, 0.5) is 4.39 Å². The fourth-order valence-electron chi connectivity index (χ4n) is 3.38. The van der Waals surface area contributed by atoms with Crippen LogP contribution in [0.15, 0.2) is 54.6 Å². The van der Waals surface area contributed by atoms with E-state index in [0.29, 0.717) is 18.8 Å². The first-order valence-electron chi connectivity index (χ1n) is 9.08. The maximum absolute atomic E-state index is 13.2. The van der Waals surface area contributed by atoms with Crippen molar-refractivity contribution < 1.29 is 9.18 Å². The topological polar surface area (TPSA) is 25.2 Å². The minimum Gasteiger partial charge on any atom is -0.336 e. The number of hydrogen-bond donors (Lipinski definition) is 0. The first kappa shape index (κ1) is 18.9. The van der Waals surface area contributed by atoms with Crippen molar-refractivity contribution in [1.29, 1.82) is 0 Å². The van der Waals surface area contributed by atoms with Gasteiger partial charge in [-0.25, -0.2) is 4.39 Å². The lowest BCUT2D eigenvalue weighted by molar-refractivity contribution is 0.0773. The number of rotatable bonds is 5. The minimum atomic E-state index is -0.255. The monoisotopic (exact) mass is 364 g/mol. The molecule has 0 unspecified atom stereocenters. The lowest BCUT2D eigenvalue weighted by Gasteiger charge is -2.20. The van der Waals surface area contributed by atoms with E-state index in [1.54, 1.807) is 17.0 Å². The summed E-state index contributed by atoms with van der Waals surface area (Å²) in [7, 11) is 1.83. The van der Waals surface area contributed by atoms with Crippen LogP contribution in [0.5, 0.6) is 0 Å². The SMILES string of the molecule is Cc1c(C)c(C(=O)N(C)Cc2ccccc2)n(Cc2ccc(F)cc2)c1C. The van der Waals surface area contributed by atoms with E-state index in [0.717, 1.165) is 27.9 Å². The number of amides is 1. The zero-order chi connectivity index (χ0) is 19.6. The van der Waals surface area contributed by atoms with Gasteiger partial charge in [0.1, 0.15) is 11.5 Å². The standard InChI is InChI=1S/C23H25FN2O/c1-16-17(2)22(23(27)25(4)14-19-8-6-5-7-9-19)26(18(16)3)15-20-10-12-21(24)13-11-20/h5-13H,14-15H2,1-4H3. The maximum atomic E-state index is 13.2. The molecule has 0 aliphatic heterocycles. The molecule has 27 heavy (non-hydrogen) atoms. The summed E-state index contributed by atoms with van der Waals surface area (Å²) in [6, 6.07) is 16.4. The van der Waals surface area contributed by atoms with Crippen LogP contribution in [0.1, 0.15) is 38.4 Å². The third-order valence-electron chi connectivity index (χ3n) is 5.20. The summed E-state index contributed by atoms with van der Waals surface area (Å²) in [5.74, 6) is -0.260. The van der Waals surface area contributed by atoms with Gasteiger partial charge in [0.25, 0.3) is 5.91 Å². The Morgan fingerprint density at radius 1 is 0.926 bits per heavy atom. The first-order chi connectivity index (χ1) is 12.9. The first-order valence-corrected chi connectivity index (χ1v) is 9.08. The highest BCUT2D eigenvalue weighted by Crippen LogP contribution is 2.24. The number of nitrogens with zero attached hydrogens (tertiary/aromatic N) is 2. The Morgan fingerprint density at radius 3 is 2.19 bits per heavy atom. The molecule has 0 saturated carbocycles. The van der Waals surface area contributed by atoms with Gasteiger partial charge in [-0.15, -0.1) is 0 Å². The molecule has 0 radical (unpaired) electrons. The quantitative estimate of drug-likeness (QED) is 0.634. The summed E-state index contributed by atoms with van der Waals surface area (Å²) in [4.78, 5) is 15.0. The van der Waals surface area contributed by atoms with Crippen molar-refractivity contribution >= 4 is 5.91 Å². The zero-order valence-electron chi connectivity index (χ0n) is 16.3. The average Bonchev–Trinajstić information content (AvgIpc) is 2.87. The molecule has 2 aromatic carbocycles. The molecular formula is C23H25FN2O. The Morgan fingerprint density at radius 2 is 1.56 bits per heavy atom. The predicted molar refractivity (Wildman–Crippen MR) is 106 cm³/mol. The number of hydrogen-bond acceptors (Lipinski definition) is 1. The van der Waals surface area contributed by atoms with E-state index in [2.05, 4.69) is 0 Å². The van der Waals surface area contributed by atoms with Crippen molar-refractivity contribution in [2.75, 3.05) is 7.05 Å². The zero-order valence-corrected chi connectivity index (χ0v) is 16.3. The van der Waals surface area contributed by atoms with Gasteiger partial charge in [0.15, 0.2) is 0 Å². The largest absolute Gasteiger partial charge is 0.336 e. The van der Waals surface area contributed by atoms with E-state index >= 15 is 0 Å². The highest BCUT2D eigenvalue weighted by atomic mass is 19.1. The van der Waals surface area contributed by atoms with Gasteiger partial charge >= 0.3 is 0 Å². The average molecular weight is 364 g/mol. The second kappa shape index (κ2) is 7.78. The van der Waals surface area contributed by atoms with Crippen LogP contribution in [0.25, 0.3) is 0 Å². The summed E-state index contributed by atoms with van der Waals surface area (Å²) in [6.45, 7) is 7.16. The number of aromatic nitrogens is 1. The summed E-state index contributed by atoms with van der Waals surface area (Å²) >= 11 is 0. The molecule has 1 amide bonds. The van der Waals surface area contributed by atoms with Gasteiger partial charge in [-0.1, -0.05) is 42.5 Å². The molecule has 0 spiro atoms. The Hall–Kier alpha value is -2.88. The highest BCUT2D eigenvalue weighted by molar-refractivity contribution is 5.94. The van der Waals surface area contributed by atoms with E-state index in [1.807, 2.05) is 62.7 Å². The molecule has 0 N–H and O–H groups in total. The normalized spacial score (nSPS) is 10.9. The number of carbonyl (C=O) groups excluding carboxylic acids is 1. The molecule has 1 aromatic heterocycles. The van der Waals surface area contributed by atoms with Crippen molar-refractivity contribution in [3.8, 4) is 0 Å². The fraction of sp³-hybridized carbons (Fsp3) is 0.261. The molecular weight excluding hydrogens is 339 g/mol. The van der Waals surface area contributed by atoms with Gasteiger partial charge in [0.2, 0.25) is 0 Å². The van der Waals surface area contributed by atoms with Crippen LogP contribution in [0.2, 0.25) is 0 Å². The number of halogens is 1. The molecule has 0 atom stereocenters. The van der Waals surface area contributed by atoms with Gasteiger partial charge < -0.3 is 9.47 Å². The maximum Gasteiger partial charge on any atom is 0.270 e. The molecule has 0 aliphatic rings. The van der Waals surface area contributed by atoms with Crippen molar-refractivity contribution in [3.63, 3.8) is 0 Å².